The molecule has 0 rings (SSSR count). The summed E-state index contributed by atoms with van der Waals surface area (Å²) in [7, 11) is 6.39. The number of likely N-dealkylation sites (N-methyl/N-ethyl adjacent to an activating group) is 2. The van der Waals surface area contributed by atoms with Crippen molar-refractivity contribution < 1.29 is 0 Å². The molecule has 15 heavy (non-hydrogen) atoms. The Bertz CT molecular complexity index is 127. The third-order valence-electron chi connectivity index (χ3n) is 2.81. The van der Waals surface area contributed by atoms with Crippen molar-refractivity contribution in [1.82, 2.24) is 9.80 Å². The molecule has 0 heterocycles. The first-order valence-corrected chi connectivity index (χ1v) is 6.20. The summed E-state index contributed by atoms with van der Waals surface area (Å²) in [6.07, 6.45) is 1.31. The molecule has 2 atom stereocenters. The van der Waals surface area contributed by atoms with E-state index in [0.717, 1.165) is 17.7 Å². The van der Waals surface area contributed by atoms with Gasteiger partial charge in [-0.05, 0) is 34.6 Å². The van der Waals surface area contributed by atoms with Crippen molar-refractivity contribution in [2.75, 3.05) is 34.2 Å². The Morgan fingerprint density at radius 3 is 1.67 bits per heavy atom. The Morgan fingerprint density at radius 1 is 1.07 bits per heavy atom. The van der Waals surface area contributed by atoms with Gasteiger partial charge in [0.15, 0.2) is 0 Å². The van der Waals surface area contributed by atoms with Crippen LogP contribution >= 0.6 is 0 Å². The first kappa shape index (κ1) is 17.9. The summed E-state index contributed by atoms with van der Waals surface area (Å²) < 4.78 is 0.884. The van der Waals surface area contributed by atoms with Crippen molar-refractivity contribution in [2.24, 2.45) is 0 Å². The zero-order chi connectivity index (χ0) is 12.4. The molecule has 3 heteroatoms. The van der Waals surface area contributed by atoms with Crippen molar-refractivity contribution in [1.29, 1.82) is 0 Å². The van der Waals surface area contributed by atoms with Crippen LogP contribution in [0.1, 0.15) is 34.1 Å². The fourth-order valence-electron chi connectivity index (χ4n) is 0.743. The van der Waals surface area contributed by atoms with Gasteiger partial charge >= 0.3 is 42.6 Å². The average Bonchev–Trinajstić information content (AvgIpc) is 2.18. The van der Waals surface area contributed by atoms with Gasteiger partial charge in [-0.15, -0.1) is 0 Å². The van der Waals surface area contributed by atoms with Crippen LogP contribution in [-0.4, -0.2) is 67.8 Å². The number of nitrogens with zero attached hydrogens (tertiary/aromatic N) is 2. The van der Waals surface area contributed by atoms with Crippen LogP contribution in [0.3, 0.4) is 0 Å². The first-order valence-electron chi connectivity index (χ1n) is 6.20. The van der Waals surface area contributed by atoms with E-state index in [1.165, 1.54) is 6.42 Å². The summed E-state index contributed by atoms with van der Waals surface area (Å²) in [6.45, 7) is 11.1. The maximum absolute atomic E-state index is 2.32. The van der Waals surface area contributed by atoms with E-state index in [2.05, 4.69) is 76.4 Å². The maximum atomic E-state index is 2.32. The van der Waals surface area contributed by atoms with Crippen LogP contribution in [-0.2, 0) is 0 Å². The normalized spacial score (nSPS) is 14.9. The SMILES string of the molecule is CCN(C)CC(C)N(C)C.[Li][CH](C)CC. The molecular formula is C12H29LiN2. The molecule has 0 radical (unpaired) electrons. The molecule has 0 aliphatic carbocycles. The molecule has 0 N–H and O–H groups in total. The Balaban J connectivity index is 0. The van der Waals surface area contributed by atoms with Crippen LogP contribution in [0.5, 0.6) is 0 Å². The van der Waals surface area contributed by atoms with Crippen LogP contribution in [0.15, 0.2) is 0 Å². The molecule has 0 amide bonds. The molecule has 0 spiro atoms. The summed E-state index contributed by atoms with van der Waals surface area (Å²) in [5.74, 6) is 0. The predicted molar refractivity (Wildman–Crippen MR) is 71.8 cm³/mol. The minimum atomic E-state index is 0.657. The van der Waals surface area contributed by atoms with Gasteiger partial charge in [0.1, 0.15) is 0 Å². The van der Waals surface area contributed by atoms with Gasteiger partial charge in [-0.2, -0.15) is 0 Å². The van der Waals surface area contributed by atoms with Crippen LogP contribution in [0.2, 0.25) is 4.59 Å². The van der Waals surface area contributed by atoms with Gasteiger partial charge in [0, 0.05) is 12.6 Å². The van der Waals surface area contributed by atoms with Gasteiger partial charge in [-0.1, -0.05) is 6.92 Å². The van der Waals surface area contributed by atoms with E-state index in [-0.39, 0.29) is 0 Å². The molecule has 0 bridgehead atoms. The van der Waals surface area contributed by atoms with E-state index < -0.39 is 0 Å². The van der Waals surface area contributed by atoms with Crippen molar-refractivity contribution in [3.05, 3.63) is 0 Å². The van der Waals surface area contributed by atoms with Crippen LogP contribution in [0.4, 0.5) is 0 Å². The van der Waals surface area contributed by atoms with E-state index in [9.17, 15) is 0 Å². The van der Waals surface area contributed by atoms with Crippen molar-refractivity contribution >= 4 is 17.7 Å². The number of hydrogen-bond donors (Lipinski definition) is 0. The molecule has 2 unspecified atom stereocenters. The molecule has 0 aromatic carbocycles. The van der Waals surface area contributed by atoms with E-state index in [1.807, 2.05) is 0 Å². The van der Waals surface area contributed by atoms with Gasteiger partial charge in [0.05, 0.1) is 0 Å². The van der Waals surface area contributed by atoms with Crippen LogP contribution < -0.4 is 0 Å². The van der Waals surface area contributed by atoms with E-state index in [4.69, 9.17) is 0 Å². The molecular weight excluding hydrogens is 179 g/mol. The van der Waals surface area contributed by atoms with Gasteiger partial charge in [-0.3, -0.25) is 0 Å². The van der Waals surface area contributed by atoms with Crippen molar-refractivity contribution in [3.8, 4) is 0 Å². The molecule has 88 valence electrons. The van der Waals surface area contributed by atoms with E-state index >= 15 is 0 Å². The predicted octanol–water partition coefficient (Wildman–Crippen LogP) is 2.26. The standard InChI is InChI=1S/C8H20N2.C4H9.Li/c1-6-10(5)7-8(2)9(3)4;1-3-4-2;/h8H,6-7H2,1-5H3;3H,4H2,1-2H3;. The minimum absolute atomic E-state index is 0.657. The molecule has 0 fully saturated rings. The molecule has 0 saturated carbocycles. The third-order valence-corrected chi connectivity index (χ3v) is 2.81. The summed E-state index contributed by atoms with van der Waals surface area (Å²) in [6, 6.07) is 0.657. The second-order valence-corrected chi connectivity index (χ2v) is 4.97. The van der Waals surface area contributed by atoms with E-state index in [1.54, 1.807) is 0 Å². The summed E-state index contributed by atoms with van der Waals surface area (Å²) in [4.78, 5) is 4.57. The quantitative estimate of drug-likeness (QED) is 0.639. The molecule has 2 nitrogen and oxygen atoms in total. The molecule has 0 aromatic rings. The van der Waals surface area contributed by atoms with Crippen molar-refractivity contribution in [3.63, 3.8) is 0 Å². The monoisotopic (exact) mass is 208 g/mol. The Kier molecular flexibility index (Phi) is 13.1. The molecule has 0 saturated heterocycles. The summed E-state index contributed by atoms with van der Waals surface area (Å²) in [5, 5.41) is 0. The fourth-order valence-corrected chi connectivity index (χ4v) is 0.743. The van der Waals surface area contributed by atoms with Gasteiger partial charge in [-0.25, -0.2) is 0 Å². The summed E-state index contributed by atoms with van der Waals surface area (Å²) >= 11 is 2.22. The van der Waals surface area contributed by atoms with Crippen molar-refractivity contribution in [2.45, 2.75) is 44.7 Å². The Morgan fingerprint density at radius 2 is 1.47 bits per heavy atom. The third kappa shape index (κ3) is 14.5. The molecule has 0 aromatic heterocycles. The zero-order valence-electron chi connectivity index (χ0n) is 12.2. The van der Waals surface area contributed by atoms with Gasteiger partial charge in [0.2, 0.25) is 0 Å². The topological polar surface area (TPSA) is 6.48 Å². The second kappa shape index (κ2) is 11.0. The molecule has 0 aliphatic rings. The van der Waals surface area contributed by atoms with E-state index in [0.29, 0.717) is 6.04 Å². The molecule has 0 aliphatic heterocycles. The Hall–Kier alpha value is 0.517. The average molecular weight is 208 g/mol. The fraction of sp³-hybridized carbons (Fsp3) is 1.00. The summed E-state index contributed by atoms with van der Waals surface area (Å²) in [5.41, 5.74) is 0. The number of hydrogen-bond acceptors (Lipinski definition) is 2. The van der Waals surface area contributed by atoms with Crippen LogP contribution in [0, 0.1) is 0 Å². The Labute approximate surface area is 107 Å². The van der Waals surface area contributed by atoms with Gasteiger partial charge < -0.3 is 9.80 Å². The van der Waals surface area contributed by atoms with Crippen LogP contribution in [0.25, 0.3) is 0 Å². The first-order chi connectivity index (χ1) is 6.84. The number of rotatable bonds is 5. The van der Waals surface area contributed by atoms with Gasteiger partial charge in [0.25, 0.3) is 0 Å². The zero-order valence-corrected chi connectivity index (χ0v) is 12.2. The second-order valence-electron chi connectivity index (χ2n) is 4.97.